The van der Waals surface area contributed by atoms with Crippen LogP contribution in [0.3, 0.4) is 0 Å². The summed E-state index contributed by atoms with van der Waals surface area (Å²) < 4.78 is 51.6. The maximum Gasteiger partial charge on any atom is 0.259 e. The van der Waals surface area contributed by atoms with Gasteiger partial charge in [0.25, 0.3) is 8.53 Å². The molecule has 16 heteroatoms. The van der Waals surface area contributed by atoms with E-state index in [1.807, 2.05) is 71.3 Å². The number of methoxy groups -OCH3 is 2. The first kappa shape index (κ1) is 48.0. The fourth-order valence-corrected chi connectivity index (χ4v) is 10.8. The number of fused-ring (bicyclic) bond motifs is 1. The number of hydrogen-bond acceptors (Lipinski definition) is 13. The number of imidazole rings is 1. The minimum absolute atomic E-state index is 0.0407. The smallest absolute Gasteiger partial charge is 0.259 e. The highest BCUT2D eigenvalue weighted by Gasteiger charge is 2.54. The van der Waals surface area contributed by atoms with Crippen molar-refractivity contribution in [2.45, 2.75) is 122 Å². The van der Waals surface area contributed by atoms with Crippen molar-refractivity contribution >= 4 is 33.8 Å². The molecule has 6 rings (SSSR count). The molecule has 1 fully saturated rings. The topological polar surface area (TPSA) is 161 Å². The number of aromatic nitrogens is 4. The average molecular weight is 898 g/mol. The maximum absolute atomic E-state index is 9.59. The zero-order chi connectivity index (χ0) is 45.7. The van der Waals surface area contributed by atoms with E-state index >= 15 is 0 Å². The van der Waals surface area contributed by atoms with Gasteiger partial charge in [-0.15, -0.1) is 0 Å². The van der Waals surface area contributed by atoms with Crippen LogP contribution in [0.1, 0.15) is 83.6 Å². The summed E-state index contributed by atoms with van der Waals surface area (Å²) in [6, 6.07) is 28.3. The number of rotatable bonds is 19. The summed E-state index contributed by atoms with van der Waals surface area (Å²) in [7, 11) is -1.04. The van der Waals surface area contributed by atoms with E-state index in [4.69, 9.17) is 43.1 Å². The third kappa shape index (κ3) is 10.2. The predicted molar refractivity (Wildman–Crippen MR) is 249 cm³/mol. The Kier molecular flexibility index (Phi) is 15.3. The monoisotopic (exact) mass is 897 g/mol. The zero-order valence-corrected chi connectivity index (χ0v) is 40.6. The first-order valence-electron chi connectivity index (χ1n) is 21.5. The molecule has 0 bridgehead atoms. The first-order valence-corrected chi connectivity index (χ1v) is 25.5. The molecule has 1 saturated heterocycles. The minimum atomic E-state index is -2.58. The lowest BCUT2D eigenvalue weighted by Crippen LogP contribution is -2.50. The van der Waals surface area contributed by atoms with Crippen LogP contribution < -0.4 is 15.2 Å². The second kappa shape index (κ2) is 20.1. The highest BCUT2D eigenvalue weighted by Crippen LogP contribution is 2.53. The number of anilines is 1. The van der Waals surface area contributed by atoms with E-state index in [1.165, 1.54) is 0 Å². The van der Waals surface area contributed by atoms with Gasteiger partial charge >= 0.3 is 0 Å². The molecule has 2 N–H and O–H groups in total. The van der Waals surface area contributed by atoms with E-state index in [2.05, 4.69) is 94.4 Å². The van der Waals surface area contributed by atoms with Gasteiger partial charge in [0.05, 0.1) is 46.3 Å². The lowest BCUT2D eigenvalue weighted by Gasteiger charge is -2.42. The molecule has 2 aromatic heterocycles. The lowest BCUT2D eigenvalue weighted by molar-refractivity contribution is -0.0926. The highest BCUT2D eigenvalue weighted by atomic mass is 31.2. The van der Waals surface area contributed by atoms with Crippen LogP contribution in [0.5, 0.6) is 11.5 Å². The number of hydrogen-bond donors (Lipinski definition) is 1. The normalized spacial score (nSPS) is 19.0. The maximum atomic E-state index is 9.59. The van der Waals surface area contributed by atoms with Gasteiger partial charge in [-0.1, -0.05) is 75.4 Å². The summed E-state index contributed by atoms with van der Waals surface area (Å²) in [5.41, 5.74) is 8.90. The molecule has 0 amide bonds. The van der Waals surface area contributed by atoms with Gasteiger partial charge < -0.3 is 38.2 Å². The molecule has 0 aliphatic carbocycles. The fourth-order valence-electron chi connectivity index (χ4n) is 7.75. The van der Waals surface area contributed by atoms with Crippen molar-refractivity contribution in [3.8, 4) is 17.6 Å². The number of nitrogen functional groups attached to an aromatic ring is 1. The summed E-state index contributed by atoms with van der Waals surface area (Å²) in [6.45, 7) is 21.6. The van der Waals surface area contributed by atoms with Crippen molar-refractivity contribution in [2.75, 3.05) is 33.2 Å². The van der Waals surface area contributed by atoms with Gasteiger partial charge in [-0.05, 0) is 93.7 Å². The van der Waals surface area contributed by atoms with Crippen LogP contribution in [0.4, 0.5) is 5.82 Å². The summed E-state index contributed by atoms with van der Waals surface area (Å²) in [5.74, 6) is 2.20. The van der Waals surface area contributed by atoms with Crippen molar-refractivity contribution in [3.05, 3.63) is 108 Å². The van der Waals surface area contributed by atoms with Gasteiger partial charge in [-0.25, -0.2) is 19.6 Å². The molecule has 1 aliphatic heterocycles. The molecule has 63 heavy (non-hydrogen) atoms. The van der Waals surface area contributed by atoms with Gasteiger partial charge in [0.2, 0.25) is 0 Å². The molecular weight excluding hydrogens is 834 g/mol. The van der Waals surface area contributed by atoms with E-state index < -0.39 is 47.0 Å². The van der Waals surface area contributed by atoms with E-state index in [1.54, 1.807) is 27.5 Å². The van der Waals surface area contributed by atoms with Crippen LogP contribution in [0.15, 0.2) is 85.2 Å². The zero-order valence-electron chi connectivity index (χ0n) is 38.7. The molecule has 5 atom stereocenters. The Bertz CT molecular complexity index is 2240. The van der Waals surface area contributed by atoms with Crippen molar-refractivity contribution < 1.29 is 32.4 Å². The van der Waals surface area contributed by atoms with Gasteiger partial charge in [0.15, 0.2) is 26.0 Å². The molecule has 338 valence electrons. The lowest BCUT2D eigenvalue weighted by atomic mass is 9.80. The number of aryl methyl sites for hydroxylation is 1. The van der Waals surface area contributed by atoms with Gasteiger partial charge in [-0.2, -0.15) is 5.26 Å². The van der Waals surface area contributed by atoms with Crippen molar-refractivity contribution in [2.24, 2.45) is 0 Å². The van der Waals surface area contributed by atoms with E-state index in [-0.39, 0.29) is 42.6 Å². The number of nitriles is 1. The van der Waals surface area contributed by atoms with Crippen molar-refractivity contribution in [1.82, 2.24) is 24.2 Å². The molecular formula is C47H64N7O7PSi. The molecule has 0 spiro atoms. The molecule has 0 radical (unpaired) electrons. The van der Waals surface area contributed by atoms with Crippen LogP contribution in [-0.4, -0.2) is 90.3 Å². The third-order valence-corrected chi connectivity index (χ3v) is 18.5. The molecule has 14 nitrogen and oxygen atoms in total. The van der Waals surface area contributed by atoms with Gasteiger partial charge in [0.1, 0.15) is 46.8 Å². The second-order valence-corrected chi connectivity index (χ2v) is 24.0. The summed E-state index contributed by atoms with van der Waals surface area (Å²) in [5, 5.41) is 9.41. The van der Waals surface area contributed by atoms with Crippen LogP contribution in [0.25, 0.3) is 11.2 Å². The highest BCUT2D eigenvalue weighted by molar-refractivity contribution is 7.44. The van der Waals surface area contributed by atoms with Crippen molar-refractivity contribution in [1.29, 1.82) is 5.26 Å². The van der Waals surface area contributed by atoms with Crippen molar-refractivity contribution in [3.63, 3.8) is 0 Å². The van der Waals surface area contributed by atoms with Gasteiger partial charge in [0, 0.05) is 12.1 Å². The SMILES string of the molecule is COc1ccc(C(OC[C@H]2O[C@@H](n3cnc4c(N)nc(C)nc43)[C@H](O[Si](C)(C)C(C)(C)C)[C@@H]2OP(OCCC#N)N(C(C)C)C(C)C)(c2ccccc2)c2ccc(OC)cc2)cc1. The van der Waals surface area contributed by atoms with Crippen LogP contribution in [-0.2, 0) is 28.5 Å². The Labute approximate surface area is 375 Å². The molecule has 1 unspecified atom stereocenters. The fraction of sp³-hybridized carbons (Fsp3) is 0.489. The predicted octanol–water partition coefficient (Wildman–Crippen LogP) is 9.69. The number of benzene rings is 3. The number of nitrogens with two attached hydrogens (primary N) is 1. The van der Waals surface area contributed by atoms with Crippen LogP contribution >= 0.6 is 8.53 Å². The summed E-state index contributed by atoms with van der Waals surface area (Å²) >= 11 is 0. The van der Waals surface area contributed by atoms with Gasteiger partial charge in [-0.3, -0.25) is 4.57 Å². The Morgan fingerprint density at radius 3 is 1.97 bits per heavy atom. The average Bonchev–Trinajstić information content (AvgIpc) is 3.81. The standard InChI is InChI=1S/C47H64N7O7PSi/c1-31(2)54(32(3)4)62(58-28-16-27-48)60-41-39(59-45(42(41)61-63(11,12)46(6,7)8)53-30-50-40-43(49)51-33(5)52-44(40)53)29-57-47(34-17-14-13-15-18-34,35-19-23-37(55-9)24-20-35)36-21-25-38(56-10)26-22-36/h13-15,17-26,30-32,39,41-42,45H,16,28-29H2,1-12H3,(H2,49,51,52)/t39-,41-,42-,45-,62?/m1/s1. The van der Waals surface area contributed by atoms with Crippen LogP contribution in [0.2, 0.25) is 18.1 Å². The Hall–Kier alpha value is -4.49. The van der Waals surface area contributed by atoms with Crippen LogP contribution in [0, 0.1) is 18.3 Å². The Morgan fingerprint density at radius 1 is 0.873 bits per heavy atom. The largest absolute Gasteiger partial charge is 0.497 e. The first-order chi connectivity index (χ1) is 29.9. The summed E-state index contributed by atoms with van der Waals surface area (Å²) in [6.07, 6.45) is -1.09. The Balaban J connectivity index is 1.57. The molecule has 0 saturated carbocycles. The third-order valence-electron chi connectivity index (χ3n) is 11.9. The van der Waals surface area contributed by atoms with E-state index in [0.29, 0.717) is 28.5 Å². The number of nitrogens with zero attached hydrogens (tertiary/aromatic N) is 6. The minimum Gasteiger partial charge on any atom is -0.497 e. The van der Waals surface area contributed by atoms with E-state index in [0.717, 1.165) is 16.7 Å². The second-order valence-electron chi connectivity index (χ2n) is 17.8. The quantitative estimate of drug-likeness (QED) is 0.0361. The molecule has 5 aromatic rings. The van der Waals surface area contributed by atoms with E-state index in [9.17, 15) is 5.26 Å². The molecule has 3 aromatic carbocycles. The summed E-state index contributed by atoms with van der Waals surface area (Å²) in [4.78, 5) is 13.9. The molecule has 1 aliphatic rings. The molecule has 3 heterocycles. The number of ether oxygens (including phenoxy) is 4. The Morgan fingerprint density at radius 2 is 1.44 bits per heavy atom.